The number of benzene rings is 4. The van der Waals surface area contributed by atoms with Crippen LogP contribution >= 0.6 is 42.7 Å². The molecule has 0 aliphatic carbocycles. The third-order valence-corrected chi connectivity index (χ3v) is 14.6. The van der Waals surface area contributed by atoms with Crippen LogP contribution in [-0.2, 0) is 52.7 Å². The summed E-state index contributed by atoms with van der Waals surface area (Å²) < 4.78 is 107. The quantitative estimate of drug-likeness (QED) is 0.140. The van der Waals surface area contributed by atoms with Crippen LogP contribution in [0.1, 0.15) is 0 Å². The van der Waals surface area contributed by atoms with Gasteiger partial charge in [0.2, 0.25) is 0 Å². The van der Waals surface area contributed by atoms with Gasteiger partial charge in [-0.15, -0.1) is 0 Å². The molecule has 16 nitrogen and oxygen atoms in total. The second-order valence-corrected chi connectivity index (χ2v) is 22.1. The van der Waals surface area contributed by atoms with E-state index in [1.807, 2.05) is 24.3 Å². The standard InChI is InChI=1S/C32H14Cl4N8O8S4.Ni/c33-53(45,46)21-19-20(22(54(34,47)48)24(56(36,51)52)23(21)55(35,49)50)32-43-30-18-12-6-4-10-16(18)28(41-30)39-26-14-8-2-1-7-13(14)25(37-26)38-27-15-9-3-5-11-17(15)29(40-27)42-31(19)44-32;/h1-12H,(H2,37,38,39,40,41,42,43,44);/q;+2. The molecule has 2 aliphatic rings. The first kappa shape index (κ1) is 39.5. The van der Waals surface area contributed by atoms with Crippen LogP contribution in [0, 0.1) is 0 Å². The molecule has 2 N–H and O–H groups in total. The van der Waals surface area contributed by atoms with Gasteiger partial charge < -0.3 is 9.97 Å². The molecule has 7 aromatic rings. The molecule has 5 heterocycles. The van der Waals surface area contributed by atoms with Crippen LogP contribution < -0.4 is 0 Å². The molecule has 0 unspecified atom stereocenters. The number of rotatable bonds is 4. The number of hydrogen-bond donors (Lipinski definition) is 2. The summed E-state index contributed by atoms with van der Waals surface area (Å²) in [5.74, 6) is -0.0328. The third-order valence-electron chi connectivity index (χ3n) is 8.79. The van der Waals surface area contributed by atoms with E-state index in [9.17, 15) is 33.7 Å². The predicted molar refractivity (Wildman–Crippen MR) is 208 cm³/mol. The normalized spacial score (nSPS) is 13.0. The number of halogens is 4. The molecule has 290 valence electrons. The molecule has 25 heteroatoms. The molecule has 4 aromatic carbocycles. The molecule has 8 bridgehead atoms. The molecule has 0 saturated heterocycles. The van der Waals surface area contributed by atoms with E-state index in [1.165, 1.54) is 0 Å². The Morgan fingerprint density at radius 1 is 0.368 bits per heavy atom. The summed E-state index contributed by atoms with van der Waals surface area (Å²) in [4.78, 5) is 27.3. The first-order chi connectivity index (χ1) is 26.3. The zero-order valence-electron chi connectivity index (χ0n) is 27.3. The van der Waals surface area contributed by atoms with Gasteiger partial charge in [0.15, 0.2) is 23.3 Å². The maximum absolute atomic E-state index is 13.5. The van der Waals surface area contributed by atoms with Gasteiger partial charge in [-0.25, -0.2) is 63.6 Å². The van der Waals surface area contributed by atoms with E-state index in [-0.39, 0.29) is 39.8 Å². The number of aromatic amines is 2. The summed E-state index contributed by atoms with van der Waals surface area (Å²) in [7, 11) is 1.17. The molecule has 9 rings (SSSR count). The summed E-state index contributed by atoms with van der Waals surface area (Å²) in [5.41, 5.74) is 1.07. The molecule has 0 fully saturated rings. The van der Waals surface area contributed by atoms with Gasteiger partial charge in [0.25, 0.3) is 36.2 Å². The minimum Gasteiger partial charge on any atom is -0.324 e. The zero-order valence-corrected chi connectivity index (χ0v) is 34.6. The minimum atomic E-state index is -5.56. The van der Waals surface area contributed by atoms with Gasteiger partial charge in [0.1, 0.15) is 42.2 Å². The van der Waals surface area contributed by atoms with E-state index in [1.54, 1.807) is 48.5 Å². The largest absolute Gasteiger partial charge is 2.00 e. The Hall–Kier alpha value is -4.31. The smallest absolute Gasteiger partial charge is 0.324 e. The molecule has 2 aliphatic heterocycles. The van der Waals surface area contributed by atoms with E-state index in [2.05, 4.69) is 29.9 Å². The van der Waals surface area contributed by atoms with Crippen molar-refractivity contribution in [1.29, 1.82) is 0 Å². The summed E-state index contributed by atoms with van der Waals surface area (Å²) in [6.07, 6.45) is 0. The van der Waals surface area contributed by atoms with Gasteiger partial charge in [-0.3, -0.25) is 0 Å². The summed E-state index contributed by atoms with van der Waals surface area (Å²) >= 11 is 0. The Morgan fingerprint density at radius 3 is 0.930 bits per heavy atom. The molecular weight excluding hydrogens is 953 g/mol. The molecule has 3 aromatic heterocycles. The minimum absolute atomic E-state index is 0. The summed E-state index contributed by atoms with van der Waals surface area (Å²) in [6.45, 7) is 0. The zero-order chi connectivity index (χ0) is 39.7. The maximum Gasteiger partial charge on any atom is 2.00 e. The van der Waals surface area contributed by atoms with Gasteiger partial charge in [-0.05, 0) is 0 Å². The molecule has 0 saturated carbocycles. The molecule has 0 atom stereocenters. The maximum atomic E-state index is 13.5. The second kappa shape index (κ2) is 13.4. The van der Waals surface area contributed by atoms with Crippen molar-refractivity contribution in [1.82, 2.24) is 39.9 Å². The Labute approximate surface area is 348 Å². The SMILES string of the molecule is O=S(=O)(Cl)c1c(S(=O)(=O)Cl)c(S(=O)(=O)Cl)c2c3nc4nc(nc5[nH]c(nc6nc(nc([nH]3)c2c1S(=O)(=O)Cl)-c1ccccc1-6)c1ccccc51)-c1ccccc1-4.[Ni+2]. The Morgan fingerprint density at radius 2 is 0.632 bits per heavy atom. The Balaban J connectivity index is 0.00000455. The van der Waals surface area contributed by atoms with Crippen molar-refractivity contribution < 1.29 is 50.2 Å². The third kappa shape index (κ3) is 6.45. The van der Waals surface area contributed by atoms with Crippen molar-refractivity contribution >= 4 is 123 Å². The molecule has 0 spiro atoms. The van der Waals surface area contributed by atoms with E-state index in [0.29, 0.717) is 44.3 Å². The second-order valence-electron chi connectivity index (χ2n) is 12.1. The molecule has 0 amide bonds. The Kier molecular flexibility index (Phi) is 9.27. The van der Waals surface area contributed by atoms with Crippen molar-refractivity contribution in [3.63, 3.8) is 0 Å². The van der Waals surface area contributed by atoms with Gasteiger partial charge in [0, 0.05) is 75.8 Å². The van der Waals surface area contributed by atoms with Gasteiger partial charge in [0.05, 0.1) is 10.8 Å². The number of H-pyrrole nitrogens is 2. The number of fused-ring (bicyclic) bond motifs is 20. The van der Waals surface area contributed by atoms with E-state index in [0.717, 1.165) is 0 Å². The fourth-order valence-electron chi connectivity index (χ4n) is 6.70. The average Bonchev–Trinajstić information content (AvgIpc) is 3.84. The van der Waals surface area contributed by atoms with Crippen molar-refractivity contribution in [2.75, 3.05) is 0 Å². The number of nitrogens with zero attached hydrogens (tertiary/aromatic N) is 6. The topological polar surface area (TPSA) is 245 Å². The van der Waals surface area contributed by atoms with Gasteiger partial charge in [-0.2, -0.15) is 0 Å². The van der Waals surface area contributed by atoms with E-state index >= 15 is 0 Å². The Bertz CT molecular complexity index is 3390. The van der Waals surface area contributed by atoms with E-state index in [4.69, 9.17) is 52.7 Å². The molecule has 0 radical (unpaired) electrons. The van der Waals surface area contributed by atoms with Crippen LogP contribution in [0.2, 0.25) is 0 Å². The monoisotopic (exact) mass is 964 g/mol. The molecule has 57 heavy (non-hydrogen) atoms. The van der Waals surface area contributed by atoms with Gasteiger partial charge >= 0.3 is 16.5 Å². The van der Waals surface area contributed by atoms with Crippen molar-refractivity contribution in [2.45, 2.75) is 19.6 Å². The van der Waals surface area contributed by atoms with Crippen LogP contribution in [0.15, 0.2) is 92.4 Å². The van der Waals surface area contributed by atoms with Crippen LogP contribution in [0.25, 0.3) is 89.7 Å². The van der Waals surface area contributed by atoms with Crippen LogP contribution in [0.5, 0.6) is 0 Å². The molecular formula is C32H14Cl4N8NiO8S4+2. The summed E-state index contributed by atoms with van der Waals surface area (Å²) in [5, 5.41) is -0.436. The predicted octanol–water partition coefficient (Wildman–Crippen LogP) is 6.58. The number of nitrogens with one attached hydrogen (secondary N) is 2. The fraction of sp³-hybridized carbons (Fsp3) is 0. The number of hydrogen-bond acceptors (Lipinski definition) is 14. The van der Waals surface area contributed by atoms with Crippen molar-refractivity contribution in [3.8, 4) is 45.6 Å². The number of aromatic nitrogens is 8. The fourth-order valence-corrected chi connectivity index (χ4v) is 14.3. The average molecular weight is 967 g/mol. The van der Waals surface area contributed by atoms with Crippen LogP contribution in [0.3, 0.4) is 0 Å². The van der Waals surface area contributed by atoms with Crippen molar-refractivity contribution in [3.05, 3.63) is 72.8 Å². The first-order valence-corrected chi connectivity index (χ1v) is 24.7. The van der Waals surface area contributed by atoms with E-state index < -0.39 is 77.9 Å². The van der Waals surface area contributed by atoms with Gasteiger partial charge in [-0.1, -0.05) is 72.8 Å². The van der Waals surface area contributed by atoms with Crippen LogP contribution in [0.4, 0.5) is 0 Å². The first-order valence-electron chi connectivity index (χ1n) is 15.4. The van der Waals surface area contributed by atoms with Crippen LogP contribution in [-0.4, -0.2) is 73.5 Å². The van der Waals surface area contributed by atoms with Crippen molar-refractivity contribution in [2.24, 2.45) is 0 Å². The summed E-state index contributed by atoms with van der Waals surface area (Å²) in [6, 6.07) is 20.6.